The van der Waals surface area contributed by atoms with Gasteiger partial charge >= 0.3 is 11.7 Å². The van der Waals surface area contributed by atoms with E-state index in [1.807, 2.05) is 0 Å². The summed E-state index contributed by atoms with van der Waals surface area (Å²) < 4.78 is 14.9. The van der Waals surface area contributed by atoms with Gasteiger partial charge in [-0.1, -0.05) is 12.1 Å². The second-order valence-corrected chi connectivity index (χ2v) is 4.55. The maximum Gasteiger partial charge on any atom is 0.338 e. The Kier molecular flexibility index (Phi) is 4.80. The summed E-state index contributed by atoms with van der Waals surface area (Å²) in [7, 11) is 4.10. The summed E-state index contributed by atoms with van der Waals surface area (Å²) in [5, 5.41) is 11.1. The predicted octanol–water partition coefficient (Wildman–Crippen LogP) is 3.07. The second kappa shape index (κ2) is 6.78. The Morgan fingerprint density at radius 1 is 1.04 bits per heavy atom. The molecule has 0 bridgehead atoms. The molecule has 0 aliphatic rings. The minimum absolute atomic E-state index is 0.0634. The first kappa shape index (κ1) is 16.3. The Labute approximate surface area is 132 Å². The molecule has 7 nitrogen and oxygen atoms in total. The van der Waals surface area contributed by atoms with Crippen LogP contribution >= 0.6 is 0 Å². The monoisotopic (exact) mass is 317 g/mol. The molecule has 0 saturated heterocycles. The highest BCUT2D eigenvalue weighted by Crippen LogP contribution is 2.36. The minimum atomic E-state index is -0.665. The molecule has 0 N–H and O–H groups in total. The van der Waals surface area contributed by atoms with Crippen molar-refractivity contribution in [2.45, 2.75) is 0 Å². The normalized spacial score (nSPS) is 10.0. The van der Waals surface area contributed by atoms with Crippen molar-refractivity contribution in [1.82, 2.24) is 0 Å². The van der Waals surface area contributed by atoms with Crippen LogP contribution in [-0.2, 0) is 4.74 Å². The molecule has 2 aromatic rings. The summed E-state index contributed by atoms with van der Waals surface area (Å²) >= 11 is 0. The predicted molar refractivity (Wildman–Crippen MR) is 83.0 cm³/mol. The van der Waals surface area contributed by atoms with Crippen LogP contribution in [0, 0.1) is 10.1 Å². The molecular formula is C16H15NO6. The van der Waals surface area contributed by atoms with Gasteiger partial charge in [0.15, 0.2) is 5.75 Å². The Bertz CT molecular complexity index is 739. The summed E-state index contributed by atoms with van der Waals surface area (Å²) in [5.74, 6) is 0.0530. The molecule has 0 fully saturated rings. The SMILES string of the molecule is COC(=O)c1cc([N+](=O)[O-])c(OC)cc1-c1ccc(OC)cc1. The van der Waals surface area contributed by atoms with Crippen molar-refractivity contribution >= 4 is 11.7 Å². The number of esters is 1. The van der Waals surface area contributed by atoms with Gasteiger partial charge in [-0.05, 0) is 23.8 Å². The largest absolute Gasteiger partial charge is 0.497 e. The highest BCUT2D eigenvalue weighted by Gasteiger charge is 2.23. The summed E-state index contributed by atoms with van der Waals surface area (Å²) in [6.07, 6.45) is 0. The molecule has 2 rings (SSSR count). The lowest BCUT2D eigenvalue weighted by Gasteiger charge is -2.11. The molecule has 0 radical (unpaired) electrons. The van der Waals surface area contributed by atoms with Crippen LogP contribution in [0.15, 0.2) is 36.4 Å². The van der Waals surface area contributed by atoms with E-state index in [0.717, 1.165) is 6.07 Å². The number of rotatable bonds is 5. The molecule has 0 saturated carbocycles. The molecule has 0 spiro atoms. The van der Waals surface area contributed by atoms with Crippen molar-refractivity contribution in [3.05, 3.63) is 52.1 Å². The first-order valence-corrected chi connectivity index (χ1v) is 6.61. The number of nitrogens with zero attached hydrogens (tertiary/aromatic N) is 1. The van der Waals surface area contributed by atoms with E-state index in [-0.39, 0.29) is 17.0 Å². The van der Waals surface area contributed by atoms with Gasteiger partial charge in [-0.25, -0.2) is 4.79 Å². The summed E-state index contributed by atoms with van der Waals surface area (Å²) in [4.78, 5) is 22.5. The molecule has 120 valence electrons. The number of ether oxygens (including phenoxy) is 3. The number of hydrogen-bond donors (Lipinski definition) is 0. The topological polar surface area (TPSA) is 87.9 Å². The molecule has 7 heteroatoms. The molecule has 0 aliphatic carbocycles. The maximum atomic E-state index is 12.0. The third-order valence-electron chi connectivity index (χ3n) is 3.32. The van der Waals surface area contributed by atoms with Gasteiger partial charge in [0.05, 0.1) is 31.8 Å². The van der Waals surface area contributed by atoms with Gasteiger partial charge in [0.2, 0.25) is 0 Å². The van der Waals surface area contributed by atoms with E-state index in [1.54, 1.807) is 31.4 Å². The number of nitro groups is 1. The van der Waals surface area contributed by atoms with E-state index in [9.17, 15) is 14.9 Å². The summed E-state index contributed by atoms with van der Waals surface area (Å²) in [5.41, 5.74) is 0.941. The summed E-state index contributed by atoms with van der Waals surface area (Å²) in [6.45, 7) is 0. The van der Waals surface area contributed by atoms with E-state index >= 15 is 0 Å². The molecule has 0 atom stereocenters. The number of carbonyl (C=O) groups excluding carboxylic acids is 1. The highest BCUT2D eigenvalue weighted by molar-refractivity contribution is 5.98. The lowest BCUT2D eigenvalue weighted by atomic mass is 9.98. The molecule has 0 aromatic heterocycles. The van der Waals surface area contributed by atoms with Crippen LogP contribution in [-0.4, -0.2) is 32.2 Å². The van der Waals surface area contributed by atoms with Crippen LogP contribution in [0.25, 0.3) is 11.1 Å². The average Bonchev–Trinajstić information content (AvgIpc) is 2.59. The smallest absolute Gasteiger partial charge is 0.338 e. The zero-order valence-electron chi connectivity index (χ0n) is 12.9. The van der Waals surface area contributed by atoms with Crippen LogP contribution in [0.2, 0.25) is 0 Å². The number of benzene rings is 2. The third-order valence-corrected chi connectivity index (χ3v) is 3.32. The molecular weight excluding hydrogens is 302 g/mol. The van der Waals surface area contributed by atoms with Gasteiger partial charge in [-0.15, -0.1) is 0 Å². The minimum Gasteiger partial charge on any atom is -0.497 e. The average molecular weight is 317 g/mol. The Morgan fingerprint density at radius 2 is 1.70 bits per heavy atom. The zero-order chi connectivity index (χ0) is 17.0. The molecule has 2 aromatic carbocycles. The molecule has 0 unspecified atom stereocenters. The lowest BCUT2D eigenvalue weighted by molar-refractivity contribution is -0.385. The number of nitro benzene ring substituents is 1. The van der Waals surface area contributed by atoms with Gasteiger partial charge in [0.1, 0.15) is 5.75 Å². The number of carbonyl (C=O) groups is 1. The van der Waals surface area contributed by atoms with Gasteiger partial charge < -0.3 is 14.2 Å². The lowest BCUT2D eigenvalue weighted by Crippen LogP contribution is -2.06. The Morgan fingerprint density at radius 3 is 2.17 bits per heavy atom. The van der Waals surface area contributed by atoms with Crippen molar-refractivity contribution in [1.29, 1.82) is 0 Å². The molecule has 0 amide bonds. The second-order valence-electron chi connectivity index (χ2n) is 4.55. The van der Waals surface area contributed by atoms with Gasteiger partial charge in [0, 0.05) is 11.6 Å². The molecule has 23 heavy (non-hydrogen) atoms. The third kappa shape index (κ3) is 3.23. The van der Waals surface area contributed by atoms with Crippen molar-refractivity contribution in [3.8, 4) is 22.6 Å². The van der Waals surface area contributed by atoms with Crippen LogP contribution in [0.1, 0.15) is 10.4 Å². The fraction of sp³-hybridized carbons (Fsp3) is 0.188. The maximum absolute atomic E-state index is 12.0. The first-order chi connectivity index (χ1) is 11.0. The van der Waals surface area contributed by atoms with Crippen molar-refractivity contribution in [2.75, 3.05) is 21.3 Å². The highest BCUT2D eigenvalue weighted by atomic mass is 16.6. The van der Waals surface area contributed by atoms with E-state index in [4.69, 9.17) is 14.2 Å². The van der Waals surface area contributed by atoms with Crippen LogP contribution < -0.4 is 9.47 Å². The van der Waals surface area contributed by atoms with Crippen molar-refractivity contribution in [2.24, 2.45) is 0 Å². The van der Waals surface area contributed by atoms with Crippen LogP contribution in [0.4, 0.5) is 5.69 Å². The quantitative estimate of drug-likeness (QED) is 0.478. The standard InChI is InChI=1S/C16H15NO6/c1-21-11-6-4-10(5-7-11)12-9-15(22-2)14(17(19)20)8-13(12)16(18)23-3/h4-9H,1-3H3. The van der Waals surface area contributed by atoms with E-state index in [2.05, 4.69) is 0 Å². The fourth-order valence-corrected chi connectivity index (χ4v) is 2.16. The molecule has 0 aliphatic heterocycles. The first-order valence-electron chi connectivity index (χ1n) is 6.61. The molecule has 0 heterocycles. The van der Waals surface area contributed by atoms with Crippen molar-refractivity contribution in [3.63, 3.8) is 0 Å². The van der Waals surface area contributed by atoms with E-state index in [0.29, 0.717) is 16.9 Å². The van der Waals surface area contributed by atoms with Crippen LogP contribution in [0.3, 0.4) is 0 Å². The Hall–Kier alpha value is -3.09. The summed E-state index contributed by atoms with van der Waals surface area (Å²) in [6, 6.07) is 9.54. The van der Waals surface area contributed by atoms with Crippen LogP contribution in [0.5, 0.6) is 11.5 Å². The van der Waals surface area contributed by atoms with Gasteiger partial charge in [-0.3, -0.25) is 10.1 Å². The van der Waals surface area contributed by atoms with E-state index < -0.39 is 10.9 Å². The number of hydrogen-bond acceptors (Lipinski definition) is 6. The van der Waals surface area contributed by atoms with Gasteiger partial charge in [0.25, 0.3) is 0 Å². The zero-order valence-corrected chi connectivity index (χ0v) is 12.9. The number of methoxy groups -OCH3 is 3. The van der Waals surface area contributed by atoms with E-state index in [1.165, 1.54) is 20.3 Å². The van der Waals surface area contributed by atoms with Gasteiger partial charge in [-0.2, -0.15) is 0 Å². The van der Waals surface area contributed by atoms with Crippen molar-refractivity contribution < 1.29 is 23.9 Å². The fourth-order valence-electron chi connectivity index (χ4n) is 2.16. The Balaban J connectivity index is 2.68.